The molecule has 0 aromatic heterocycles. The lowest BCUT2D eigenvalue weighted by Crippen LogP contribution is -2.31. The fourth-order valence-corrected chi connectivity index (χ4v) is 2.14. The third-order valence-corrected chi connectivity index (χ3v) is 2.84. The van der Waals surface area contributed by atoms with Gasteiger partial charge in [-0.2, -0.15) is 0 Å². The van der Waals surface area contributed by atoms with Gasteiger partial charge in [0.1, 0.15) is 0 Å². The average Bonchev–Trinajstić information content (AvgIpc) is 2.16. The quantitative estimate of drug-likeness (QED) is 0.772. The first-order valence-electron chi connectivity index (χ1n) is 5.21. The topological polar surface area (TPSA) is 49.3 Å². The van der Waals surface area contributed by atoms with Crippen LogP contribution in [0.2, 0.25) is 0 Å². The largest absolute Gasteiger partial charge is 0.481 e. The standard InChI is InChI=1S/C12H15NO2/c1-8-2-3-10-9(6-8)4-5-13-11(10)7-12(14)15/h2-3,6,11,13H,4-5,7H2,1H3,(H,14,15). The van der Waals surface area contributed by atoms with E-state index < -0.39 is 5.97 Å². The Hall–Kier alpha value is -1.35. The van der Waals surface area contributed by atoms with Gasteiger partial charge in [-0.3, -0.25) is 4.79 Å². The lowest BCUT2D eigenvalue weighted by Gasteiger charge is -2.26. The van der Waals surface area contributed by atoms with Crippen LogP contribution in [-0.4, -0.2) is 17.6 Å². The summed E-state index contributed by atoms with van der Waals surface area (Å²) in [6.45, 7) is 2.93. The van der Waals surface area contributed by atoms with Crippen LogP contribution in [0.4, 0.5) is 0 Å². The highest BCUT2D eigenvalue weighted by molar-refractivity contribution is 5.68. The maximum atomic E-state index is 10.7. The molecule has 0 saturated heterocycles. The number of carbonyl (C=O) groups is 1. The molecule has 15 heavy (non-hydrogen) atoms. The molecular weight excluding hydrogens is 190 g/mol. The Morgan fingerprint density at radius 3 is 3.13 bits per heavy atom. The number of nitrogens with one attached hydrogen (secondary N) is 1. The maximum Gasteiger partial charge on any atom is 0.305 e. The number of aliphatic carboxylic acids is 1. The van der Waals surface area contributed by atoms with E-state index in [-0.39, 0.29) is 12.5 Å². The summed E-state index contributed by atoms with van der Waals surface area (Å²) in [6.07, 6.45) is 1.16. The molecule has 1 aliphatic rings. The molecule has 0 spiro atoms. The van der Waals surface area contributed by atoms with Crippen LogP contribution in [0.3, 0.4) is 0 Å². The Morgan fingerprint density at radius 2 is 2.40 bits per heavy atom. The molecule has 1 aromatic carbocycles. The van der Waals surface area contributed by atoms with Crippen molar-refractivity contribution in [3.63, 3.8) is 0 Å². The average molecular weight is 205 g/mol. The van der Waals surface area contributed by atoms with E-state index in [0.717, 1.165) is 18.5 Å². The van der Waals surface area contributed by atoms with Gasteiger partial charge in [0.15, 0.2) is 0 Å². The Kier molecular flexibility index (Phi) is 2.73. The monoisotopic (exact) mass is 205 g/mol. The van der Waals surface area contributed by atoms with E-state index in [2.05, 4.69) is 18.3 Å². The smallest absolute Gasteiger partial charge is 0.305 e. The summed E-state index contributed by atoms with van der Waals surface area (Å²) >= 11 is 0. The molecule has 0 bridgehead atoms. The number of hydrogen-bond donors (Lipinski definition) is 2. The van der Waals surface area contributed by atoms with Gasteiger partial charge in [-0.05, 0) is 31.0 Å². The first-order valence-corrected chi connectivity index (χ1v) is 5.21. The lowest BCUT2D eigenvalue weighted by molar-refractivity contribution is -0.137. The normalized spacial score (nSPS) is 19.7. The first-order chi connectivity index (χ1) is 7.16. The second-order valence-corrected chi connectivity index (χ2v) is 4.06. The van der Waals surface area contributed by atoms with E-state index in [9.17, 15) is 4.79 Å². The third-order valence-electron chi connectivity index (χ3n) is 2.84. The van der Waals surface area contributed by atoms with Crippen LogP contribution in [-0.2, 0) is 11.2 Å². The fourth-order valence-electron chi connectivity index (χ4n) is 2.14. The summed E-state index contributed by atoms with van der Waals surface area (Å²) in [6, 6.07) is 6.22. The summed E-state index contributed by atoms with van der Waals surface area (Å²) in [5.41, 5.74) is 3.68. The zero-order chi connectivity index (χ0) is 10.8. The minimum Gasteiger partial charge on any atom is -0.481 e. The molecule has 2 rings (SSSR count). The molecule has 0 fully saturated rings. The van der Waals surface area contributed by atoms with E-state index >= 15 is 0 Å². The second kappa shape index (κ2) is 4.03. The summed E-state index contributed by atoms with van der Waals surface area (Å²) < 4.78 is 0. The number of rotatable bonds is 2. The molecule has 0 radical (unpaired) electrons. The van der Waals surface area contributed by atoms with Gasteiger partial charge in [0, 0.05) is 6.04 Å². The van der Waals surface area contributed by atoms with Crippen LogP contribution in [0.5, 0.6) is 0 Å². The number of aryl methyl sites for hydroxylation is 1. The van der Waals surface area contributed by atoms with Crippen LogP contribution in [0.1, 0.15) is 29.2 Å². The third kappa shape index (κ3) is 2.18. The van der Waals surface area contributed by atoms with Gasteiger partial charge in [0.25, 0.3) is 0 Å². The molecule has 0 amide bonds. The summed E-state index contributed by atoms with van der Waals surface area (Å²) in [5.74, 6) is -0.749. The highest BCUT2D eigenvalue weighted by Gasteiger charge is 2.21. The lowest BCUT2D eigenvalue weighted by atomic mass is 9.91. The molecule has 0 saturated carbocycles. The number of benzene rings is 1. The molecule has 1 aliphatic heterocycles. The maximum absolute atomic E-state index is 10.7. The zero-order valence-corrected chi connectivity index (χ0v) is 8.79. The summed E-state index contributed by atoms with van der Waals surface area (Å²) in [5, 5.41) is 12.1. The minimum atomic E-state index is -0.749. The summed E-state index contributed by atoms with van der Waals surface area (Å²) in [7, 11) is 0. The van der Waals surface area contributed by atoms with Crippen molar-refractivity contribution in [3.8, 4) is 0 Å². The number of hydrogen-bond acceptors (Lipinski definition) is 2. The van der Waals surface area contributed by atoms with E-state index in [1.807, 2.05) is 12.1 Å². The summed E-state index contributed by atoms with van der Waals surface area (Å²) in [4.78, 5) is 10.7. The van der Waals surface area contributed by atoms with Crippen LogP contribution in [0.15, 0.2) is 18.2 Å². The molecular formula is C12H15NO2. The van der Waals surface area contributed by atoms with Gasteiger partial charge in [-0.25, -0.2) is 0 Å². The van der Waals surface area contributed by atoms with Gasteiger partial charge >= 0.3 is 5.97 Å². The van der Waals surface area contributed by atoms with Crippen molar-refractivity contribution >= 4 is 5.97 Å². The highest BCUT2D eigenvalue weighted by Crippen LogP contribution is 2.26. The van der Waals surface area contributed by atoms with Gasteiger partial charge < -0.3 is 10.4 Å². The van der Waals surface area contributed by atoms with E-state index in [0.29, 0.717) is 0 Å². The van der Waals surface area contributed by atoms with Crippen molar-refractivity contribution in [3.05, 3.63) is 34.9 Å². The van der Waals surface area contributed by atoms with Crippen LogP contribution >= 0.6 is 0 Å². The molecule has 1 unspecified atom stereocenters. The Morgan fingerprint density at radius 1 is 1.60 bits per heavy atom. The first kappa shape index (κ1) is 10.2. The second-order valence-electron chi connectivity index (χ2n) is 4.06. The fraction of sp³-hybridized carbons (Fsp3) is 0.417. The van der Waals surface area contributed by atoms with Crippen molar-refractivity contribution in [2.75, 3.05) is 6.54 Å². The molecule has 3 nitrogen and oxygen atoms in total. The van der Waals surface area contributed by atoms with Crippen LogP contribution in [0.25, 0.3) is 0 Å². The highest BCUT2D eigenvalue weighted by atomic mass is 16.4. The van der Waals surface area contributed by atoms with Crippen molar-refractivity contribution in [2.45, 2.75) is 25.8 Å². The zero-order valence-electron chi connectivity index (χ0n) is 8.79. The number of carboxylic acids is 1. The van der Waals surface area contributed by atoms with Gasteiger partial charge in [-0.1, -0.05) is 23.8 Å². The van der Waals surface area contributed by atoms with Crippen molar-refractivity contribution < 1.29 is 9.90 Å². The Bertz CT molecular complexity index is 387. The molecule has 3 heteroatoms. The molecule has 1 aromatic rings. The van der Waals surface area contributed by atoms with E-state index in [1.165, 1.54) is 11.1 Å². The van der Waals surface area contributed by atoms with Gasteiger partial charge in [-0.15, -0.1) is 0 Å². The predicted molar refractivity (Wildman–Crippen MR) is 57.9 cm³/mol. The predicted octanol–water partition coefficient (Wildman–Crippen LogP) is 1.66. The number of carboxylic acid groups (broad SMARTS) is 1. The van der Waals surface area contributed by atoms with Crippen LogP contribution < -0.4 is 5.32 Å². The Balaban J connectivity index is 2.30. The van der Waals surface area contributed by atoms with E-state index in [1.54, 1.807) is 0 Å². The van der Waals surface area contributed by atoms with Gasteiger partial charge in [0.2, 0.25) is 0 Å². The number of fused-ring (bicyclic) bond motifs is 1. The van der Waals surface area contributed by atoms with Crippen molar-refractivity contribution in [1.29, 1.82) is 0 Å². The molecule has 2 N–H and O–H groups in total. The van der Waals surface area contributed by atoms with Crippen molar-refractivity contribution in [2.24, 2.45) is 0 Å². The van der Waals surface area contributed by atoms with Crippen molar-refractivity contribution in [1.82, 2.24) is 5.32 Å². The molecule has 1 atom stereocenters. The van der Waals surface area contributed by atoms with E-state index in [4.69, 9.17) is 5.11 Å². The molecule has 80 valence electrons. The van der Waals surface area contributed by atoms with Crippen LogP contribution in [0, 0.1) is 6.92 Å². The SMILES string of the molecule is Cc1ccc2c(c1)CCNC2CC(=O)O. The molecule has 1 heterocycles. The van der Waals surface area contributed by atoms with Gasteiger partial charge in [0.05, 0.1) is 6.42 Å². The molecule has 0 aliphatic carbocycles. The Labute approximate surface area is 89.1 Å². The minimum absolute atomic E-state index is 0.0214.